The molecule has 0 unspecified atom stereocenters. The van der Waals surface area contributed by atoms with Gasteiger partial charge in [-0.05, 0) is 41.4 Å². The van der Waals surface area contributed by atoms with Crippen molar-refractivity contribution >= 4 is 40.7 Å². The highest BCUT2D eigenvalue weighted by atomic mass is 32.2. The predicted molar refractivity (Wildman–Crippen MR) is 89.5 cm³/mol. The number of hydrogen-bond acceptors (Lipinski definition) is 7. The molecule has 0 bridgehead atoms. The second-order valence-electron chi connectivity index (χ2n) is 4.83. The molecule has 2 aliphatic heterocycles. The minimum Gasteiger partial charge on any atom is -0.466 e. The lowest BCUT2D eigenvalue weighted by atomic mass is 10.1. The summed E-state index contributed by atoms with van der Waals surface area (Å²) in [4.78, 5) is 23.0. The number of methoxy groups -OCH3 is 1. The fraction of sp³-hybridized carbons (Fsp3) is 0.200. The maximum atomic E-state index is 11.6. The molecule has 7 nitrogen and oxygen atoms in total. The Hall–Kier alpha value is -2.61. The summed E-state index contributed by atoms with van der Waals surface area (Å²) in [6.07, 6.45) is 3.75. The van der Waals surface area contributed by atoms with Crippen LogP contribution in [0.1, 0.15) is 11.1 Å². The van der Waals surface area contributed by atoms with Crippen molar-refractivity contribution < 1.29 is 14.3 Å². The zero-order valence-corrected chi connectivity index (χ0v) is 13.1. The highest BCUT2D eigenvalue weighted by Gasteiger charge is 2.24. The molecule has 8 heteroatoms. The molecule has 1 saturated heterocycles. The summed E-state index contributed by atoms with van der Waals surface area (Å²) < 4.78 is 4.49. The molecular weight excluding hydrogens is 316 g/mol. The van der Waals surface area contributed by atoms with Gasteiger partial charge in [0.1, 0.15) is 0 Å². The highest BCUT2D eigenvalue weighted by molar-refractivity contribution is 8.18. The maximum Gasteiger partial charge on any atom is 0.331 e. The van der Waals surface area contributed by atoms with Crippen LogP contribution in [0.3, 0.4) is 0 Å². The van der Waals surface area contributed by atoms with Crippen LogP contribution >= 0.6 is 11.8 Å². The first kappa shape index (κ1) is 15.3. The van der Waals surface area contributed by atoms with Crippen LogP contribution in [-0.2, 0) is 20.7 Å². The molecule has 1 amide bonds. The molecule has 0 aliphatic carbocycles. The second kappa shape index (κ2) is 6.66. The molecule has 0 spiro atoms. The minimum absolute atomic E-state index is 0.231. The van der Waals surface area contributed by atoms with Gasteiger partial charge in [-0.15, -0.1) is 5.10 Å². The largest absolute Gasteiger partial charge is 0.466 e. The Morgan fingerprint density at radius 3 is 3.13 bits per heavy atom. The van der Waals surface area contributed by atoms with Gasteiger partial charge in [0.15, 0.2) is 5.17 Å². The second-order valence-corrected chi connectivity index (χ2v) is 5.86. The first-order valence-corrected chi connectivity index (χ1v) is 7.74. The van der Waals surface area contributed by atoms with Crippen molar-refractivity contribution in [1.82, 2.24) is 5.32 Å². The molecular formula is C15H14N4O3S. The van der Waals surface area contributed by atoms with Crippen molar-refractivity contribution in [2.75, 3.05) is 19.0 Å². The van der Waals surface area contributed by atoms with Crippen molar-refractivity contribution in [3.8, 4) is 0 Å². The van der Waals surface area contributed by atoms with Gasteiger partial charge < -0.3 is 10.1 Å². The van der Waals surface area contributed by atoms with E-state index < -0.39 is 11.9 Å². The lowest BCUT2D eigenvalue weighted by molar-refractivity contribution is -0.135. The Morgan fingerprint density at radius 1 is 1.43 bits per heavy atom. The van der Waals surface area contributed by atoms with Crippen LogP contribution in [0.15, 0.2) is 39.4 Å². The van der Waals surface area contributed by atoms with Gasteiger partial charge in [-0.1, -0.05) is 6.07 Å². The number of rotatable bonds is 3. The van der Waals surface area contributed by atoms with Crippen LogP contribution < -0.4 is 10.6 Å². The van der Waals surface area contributed by atoms with Gasteiger partial charge in [-0.2, -0.15) is 5.10 Å². The van der Waals surface area contributed by atoms with Crippen molar-refractivity contribution in [2.45, 2.75) is 6.42 Å². The van der Waals surface area contributed by atoms with Gasteiger partial charge in [0.25, 0.3) is 5.91 Å². The normalized spacial score (nSPS) is 20.0. The predicted octanol–water partition coefficient (Wildman–Crippen LogP) is 1.26. The number of amides is 1. The van der Waals surface area contributed by atoms with Crippen LogP contribution in [0.25, 0.3) is 0 Å². The Labute approximate surface area is 136 Å². The number of anilines is 1. The quantitative estimate of drug-likeness (QED) is 0.377. The van der Waals surface area contributed by atoms with Gasteiger partial charge >= 0.3 is 5.97 Å². The first-order valence-electron chi connectivity index (χ1n) is 6.92. The first-order chi connectivity index (χ1) is 11.2. The van der Waals surface area contributed by atoms with E-state index in [1.165, 1.54) is 12.7 Å². The molecule has 0 aromatic heterocycles. The molecule has 118 valence electrons. The summed E-state index contributed by atoms with van der Waals surface area (Å²) in [5, 5.41) is 14.1. The molecule has 2 aliphatic rings. The zero-order chi connectivity index (χ0) is 16.2. The molecule has 2 N–H and O–H groups in total. The van der Waals surface area contributed by atoms with E-state index in [0.717, 1.165) is 42.1 Å². The molecule has 23 heavy (non-hydrogen) atoms. The van der Waals surface area contributed by atoms with E-state index in [9.17, 15) is 9.59 Å². The van der Waals surface area contributed by atoms with Gasteiger partial charge in [0.2, 0.25) is 0 Å². The summed E-state index contributed by atoms with van der Waals surface area (Å²) in [6, 6.07) is 6.02. The number of carbonyl (C=O) groups excluding carboxylic acids is 2. The topological polar surface area (TPSA) is 92.2 Å². The molecule has 2 heterocycles. The lowest BCUT2D eigenvalue weighted by Crippen LogP contribution is -2.19. The van der Waals surface area contributed by atoms with Gasteiger partial charge in [0.05, 0.1) is 18.2 Å². The van der Waals surface area contributed by atoms with Gasteiger partial charge in [-0.25, -0.2) is 4.79 Å². The van der Waals surface area contributed by atoms with Crippen molar-refractivity contribution in [2.24, 2.45) is 10.2 Å². The molecule has 3 rings (SSSR count). The maximum absolute atomic E-state index is 11.6. The highest BCUT2D eigenvalue weighted by Crippen LogP contribution is 2.24. The number of benzene rings is 1. The third-order valence-corrected chi connectivity index (χ3v) is 4.20. The van der Waals surface area contributed by atoms with Crippen molar-refractivity contribution in [3.05, 3.63) is 40.3 Å². The van der Waals surface area contributed by atoms with Crippen LogP contribution in [0.2, 0.25) is 0 Å². The van der Waals surface area contributed by atoms with E-state index in [1.807, 2.05) is 12.1 Å². The Morgan fingerprint density at radius 2 is 2.30 bits per heavy atom. The summed E-state index contributed by atoms with van der Waals surface area (Å²) in [5.41, 5.74) is 3.36. The smallest absolute Gasteiger partial charge is 0.331 e. The number of thioether (sulfide) groups is 1. The lowest BCUT2D eigenvalue weighted by Gasteiger charge is -1.99. The van der Waals surface area contributed by atoms with E-state index in [1.54, 1.807) is 6.21 Å². The van der Waals surface area contributed by atoms with Gasteiger partial charge in [0, 0.05) is 18.3 Å². The fourth-order valence-electron chi connectivity index (χ4n) is 2.19. The van der Waals surface area contributed by atoms with E-state index >= 15 is 0 Å². The Bertz CT molecular complexity index is 755. The SMILES string of the molecule is COC(=O)/C=C1/S/C(=N\N=Cc2ccc3c(c2)CCN3)NC1=O. The third-order valence-electron chi connectivity index (χ3n) is 3.30. The monoisotopic (exact) mass is 330 g/mol. The average Bonchev–Trinajstić information content (AvgIpc) is 3.14. The molecule has 1 fully saturated rings. The Balaban J connectivity index is 1.67. The standard InChI is InChI=1S/C15H14N4O3S/c1-22-13(20)7-12-14(21)18-15(23-12)19-17-8-9-2-3-11-10(6-9)4-5-16-11/h2-3,6-8,16H,4-5H2,1H3,(H,18,19,21)/b12-7+,17-8?. The summed E-state index contributed by atoms with van der Waals surface area (Å²) in [7, 11) is 1.25. The number of hydrogen-bond donors (Lipinski definition) is 2. The molecule has 1 aromatic rings. The van der Waals surface area contributed by atoms with E-state index in [0.29, 0.717) is 5.17 Å². The zero-order valence-electron chi connectivity index (χ0n) is 12.3. The van der Waals surface area contributed by atoms with Crippen LogP contribution in [0.5, 0.6) is 0 Å². The molecule has 0 atom stereocenters. The van der Waals surface area contributed by atoms with Crippen LogP contribution in [-0.4, -0.2) is 36.9 Å². The third kappa shape index (κ3) is 3.59. The summed E-state index contributed by atoms with van der Waals surface area (Å²) in [6.45, 7) is 0.955. The molecule has 1 aromatic carbocycles. The number of fused-ring (bicyclic) bond motifs is 1. The average molecular weight is 330 g/mol. The van der Waals surface area contributed by atoms with Crippen LogP contribution in [0, 0.1) is 0 Å². The summed E-state index contributed by atoms with van der Waals surface area (Å²) in [5.74, 6) is -0.975. The Kier molecular flexibility index (Phi) is 4.42. The van der Waals surface area contributed by atoms with Crippen molar-refractivity contribution in [1.29, 1.82) is 0 Å². The number of ether oxygens (including phenoxy) is 1. The van der Waals surface area contributed by atoms with Gasteiger partial charge in [-0.3, -0.25) is 10.1 Å². The number of carbonyl (C=O) groups is 2. The summed E-state index contributed by atoms with van der Waals surface area (Å²) >= 11 is 1.04. The van der Waals surface area contributed by atoms with E-state index in [2.05, 4.69) is 31.6 Å². The number of amidine groups is 1. The van der Waals surface area contributed by atoms with E-state index in [-0.39, 0.29) is 4.91 Å². The van der Waals surface area contributed by atoms with Crippen molar-refractivity contribution in [3.63, 3.8) is 0 Å². The molecule has 0 saturated carbocycles. The minimum atomic E-state index is -0.584. The van der Waals surface area contributed by atoms with Crippen LogP contribution in [0.4, 0.5) is 5.69 Å². The van der Waals surface area contributed by atoms with E-state index in [4.69, 9.17) is 0 Å². The molecule has 0 radical (unpaired) electrons. The fourth-order valence-corrected chi connectivity index (χ4v) is 2.93. The number of nitrogens with one attached hydrogen (secondary N) is 2. The number of nitrogens with zero attached hydrogens (tertiary/aromatic N) is 2. The number of esters is 1.